The van der Waals surface area contributed by atoms with Crippen molar-refractivity contribution in [1.82, 2.24) is 0 Å². The summed E-state index contributed by atoms with van der Waals surface area (Å²) in [5.41, 5.74) is 0. The average molecular weight is 241 g/mol. The van der Waals surface area contributed by atoms with Crippen LogP contribution in [-0.4, -0.2) is 0 Å². The van der Waals surface area contributed by atoms with Gasteiger partial charge in [-0.05, 0) is 0 Å². The topological polar surface area (TPSA) is 34.1 Å². The number of hydrogen-bond acceptors (Lipinski definition) is 2. The molecule has 0 aromatic carbocycles. The van der Waals surface area contributed by atoms with Crippen LogP contribution >= 0.6 is 0 Å². The Hall–Kier alpha value is 1.43. The summed E-state index contributed by atoms with van der Waals surface area (Å²) < 4.78 is 16.2. The fourth-order valence-corrected chi connectivity index (χ4v) is 0. The van der Waals surface area contributed by atoms with Crippen molar-refractivity contribution >= 4 is 0 Å². The fraction of sp³-hybridized carbons (Fsp3) is 0. The van der Waals surface area contributed by atoms with Crippen LogP contribution in [0.25, 0.3) is 0 Å². The predicted molar refractivity (Wildman–Crippen MR) is 1.37 cm³/mol. The second kappa shape index (κ2) is 25.5. The van der Waals surface area contributed by atoms with Crippen LogP contribution in [0.5, 0.6) is 0 Å². The Kier molecular flexibility index (Phi) is 57.7. The van der Waals surface area contributed by atoms with Gasteiger partial charge in [0.15, 0.2) is 0 Å². The molecule has 0 rings (SSSR count). The molecule has 0 amide bonds. The van der Waals surface area contributed by atoms with Crippen molar-refractivity contribution in [2.75, 3.05) is 0 Å². The summed E-state index contributed by atoms with van der Waals surface area (Å²) >= 11 is 2.96. The van der Waals surface area contributed by atoms with E-state index in [1.165, 1.54) is 0 Å². The zero-order valence-corrected chi connectivity index (χ0v) is 5.15. The second-order valence-electron chi connectivity index (χ2n) is 0. The van der Waals surface area contributed by atoms with Crippen LogP contribution in [0, 0.1) is 38.5 Å². The molecule has 0 aliphatic rings. The van der Waals surface area contributed by atoms with E-state index in [0.717, 1.165) is 0 Å². The van der Waals surface area contributed by atoms with Gasteiger partial charge < -0.3 is 0 Å². The molecule has 0 heterocycles. The van der Waals surface area contributed by atoms with Crippen LogP contribution < -0.4 is 0 Å². The predicted octanol–water partition coefficient (Wildman–Crippen LogP) is -0.240. The summed E-state index contributed by atoms with van der Waals surface area (Å²) in [6, 6.07) is 0. The molecule has 0 aliphatic carbocycles. The minimum absolute atomic E-state index is 0.333. The molecule has 0 radical (unpaired) electrons. The summed E-state index contributed by atoms with van der Waals surface area (Å²) in [6.45, 7) is 0. The van der Waals surface area contributed by atoms with Gasteiger partial charge in [-0.2, -0.15) is 0 Å². The summed E-state index contributed by atoms with van der Waals surface area (Å²) in [7, 11) is 0. The fourth-order valence-electron chi connectivity index (χ4n) is 0. The van der Waals surface area contributed by atoms with Gasteiger partial charge in [0.2, 0.25) is 0 Å². The molecule has 4 heavy (non-hydrogen) atoms. The van der Waals surface area contributed by atoms with Gasteiger partial charge in [-0.1, -0.05) is 0 Å². The molecule has 0 unspecified atom stereocenters. The average Bonchev–Trinajstić information content (AvgIpc) is 1.50. The molecule has 0 saturated heterocycles. The molecule has 0 atom stereocenters. The van der Waals surface area contributed by atoms with E-state index >= 15 is 0 Å². The Labute approximate surface area is 58.0 Å². The minimum atomic E-state index is 0.333. The van der Waals surface area contributed by atoms with Crippen LogP contribution in [0.15, 0.2) is 0 Å². The first-order valence-electron chi connectivity index (χ1n) is 0.296. The van der Waals surface area contributed by atoms with E-state index in [9.17, 15) is 0 Å². The van der Waals surface area contributed by atoms with Crippen molar-refractivity contribution < 1.29 is 58.9 Å². The van der Waals surface area contributed by atoms with Gasteiger partial charge in [0, 0.05) is 0 Å². The third kappa shape index (κ3) is 9.90. The second-order valence-corrected chi connectivity index (χ2v) is 0. The van der Waals surface area contributed by atoms with E-state index in [0.29, 0.717) is 38.5 Å². The normalized spacial score (nSPS) is 2.50. The zero-order chi connectivity index (χ0) is 4.00. The maximum atomic E-state index is 8.33. The van der Waals surface area contributed by atoms with Crippen LogP contribution in [0.2, 0.25) is 0 Å². The van der Waals surface area contributed by atoms with Crippen molar-refractivity contribution in [3.8, 4) is 0 Å². The summed E-state index contributed by atoms with van der Waals surface area (Å²) in [5.74, 6) is 0. The molecule has 0 aromatic heterocycles. The standard InChI is InChI=1S/Ni.2O.Sm. The van der Waals surface area contributed by atoms with Crippen molar-refractivity contribution in [2.45, 2.75) is 0 Å². The van der Waals surface area contributed by atoms with Gasteiger partial charge in [0.25, 0.3) is 0 Å². The van der Waals surface area contributed by atoms with Crippen molar-refractivity contribution in [3.05, 3.63) is 0 Å². The first-order chi connectivity index (χ1) is 2.00. The molecular weight excluding hydrogens is 241 g/mol. The molecular formula is NiO2Sm. The van der Waals surface area contributed by atoms with E-state index < -0.39 is 0 Å². The van der Waals surface area contributed by atoms with Crippen molar-refractivity contribution in [3.63, 3.8) is 0 Å². The molecule has 0 spiro atoms. The summed E-state index contributed by atoms with van der Waals surface area (Å²) in [5, 5.41) is 0. The number of hydrogen-bond donors (Lipinski definition) is 0. The van der Waals surface area contributed by atoms with Crippen LogP contribution in [0.3, 0.4) is 0 Å². The van der Waals surface area contributed by atoms with Crippen LogP contribution in [-0.2, 0) is 20.4 Å². The molecule has 28 valence electrons. The SMILES string of the molecule is [O]=[Ni].[O]=[Sm]. The first-order valence-corrected chi connectivity index (χ1v) is 1.77. The van der Waals surface area contributed by atoms with Gasteiger partial charge in [-0.25, -0.2) is 0 Å². The molecule has 0 fully saturated rings. The third-order valence-electron chi connectivity index (χ3n) is 0. The van der Waals surface area contributed by atoms with Gasteiger partial charge in [0.05, 0.1) is 0 Å². The molecule has 0 aliphatic heterocycles. The van der Waals surface area contributed by atoms with E-state index in [-0.39, 0.29) is 0 Å². The van der Waals surface area contributed by atoms with Crippen molar-refractivity contribution in [2.24, 2.45) is 0 Å². The van der Waals surface area contributed by atoms with Crippen molar-refractivity contribution in [1.29, 1.82) is 0 Å². The Morgan fingerprint density at radius 1 is 1.25 bits per heavy atom. The molecule has 0 N–H and O–H groups in total. The van der Waals surface area contributed by atoms with E-state index in [2.05, 4.69) is 15.4 Å². The molecule has 0 aromatic rings. The zero-order valence-electron chi connectivity index (χ0n) is 1.54. The van der Waals surface area contributed by atoms with Gasteiger partial charge >= 0.3 is 58.9 Å². The Balaban J connectivity index is 0. The quantitative estimate of drug-likeness (QED) is 0.548. The molecule has 0 bridgehead atoms. The van der Waals surface area contributed by atoms with Gasteiger partial charge in [-0.15, -0.1) is 0 Å². The molecule has 4 heteroatoms. The van der Waals surface area contributed by atoms with Crippen LogP contribution in [0.1, 0.15) is 0 Å². The monoisotopic (exact) mass is 242 g/mol. The summed E-state index contributed by atoms with van der Waals surface area (Å²) in [6.07, 6.45) is 0. The maximum absolute atomic E-state index is 8.33. The van der Waals surface area contributed by atoms with Gasteiger partial charge in [0.1, 0.15) is 0 Å². The Bertz CT molecular complexity index is 8.00. The van der Waals surface area contributed by atoms with E-state index in [1.54, 1.807) is 0 Å². The Morgan fingerprint density at radius 2 is 1.25 bits per heavy atom. The first kappa shape index (κ1) is 9.06. The van der Waals surface area contributed by atoms with Gasteiger partial charge in [-0.3, -0.25) is 0 Å². The van der Waals surface area contributed by atoms with E-state index in [1.807, 2.05) is 0 Å². The molecule has 2 nitrogen and oxygen atoms in total. The summed E-state index contributed by atoms with van der Waals surface area (Å²) in [4.78, 5) is 0. The third-order valence-corrected chi connectivity index (χ3v) is 0. The number of rotatable bonds is 0. The molecule has 0 saturated carbocycles. The van der Waals surface area contributed by atoms with E-state index in [4.69, 9.17) is 5.00 Å². The van der Waals surface area contributed by atoms with Crippen LogP contribution in [0.4, 0.5) is 0 Å². The Morgan fingerprint density at radius 3 is 1.25 bits per heavy atom.